The van der Waals surface area contributed by atoms with Crippen molar-refractivity contribution in [2.45, 2.75) is 19.8 Å². The highest BCUT2D eigenvalue weighted by Crippen LogP contribution is 2.14. The zero-order chi connectivity index (χ0) is 17.4. The van der Waals surface area contributed by atoms with Gasteiger partial charge in [-0.05, 0) is 42.3 Å². The van der Waals surface area contributed by atoms with E-state index in [1.807, 2.05) is 18.2 Å². The molecule has 1 aromatic heterocycles. The molecule has 24 heavy (non-hydrogen) atoms. The first-order valence-corrected chi connectivity index (χ1v) is 7.82. The van der Waals surface area contributed by atoms with Crippen molar-refractivity contribution in [3.63, 3.8) is 0 Å². The summed E-state index contributed by atoms with van der Waals surface area (Å²) in [7, 11) is 0. The van der Waals surface area contributed by atoms with E-state index in [2.05, 4.69) is 18.0 Å². The Morgan fingerprint density at radius 1 is 1.17 bits per heavy atom. The molecule has 0 aliphatic heterocycles. The van der Waals surface area contributed by atoms with Gasteiger partial charge in [-0.15, -0.1) is 0 Å². The number of hydrogen-bond acceptors (Lipinski definition) is 2. The van der Waals surface area contributed by atoms with Crippen LogP contribution in [0.1, 0.15) is 36.6 Å². The molecule has 0 bridgehead atoms. The third-order valence-electron chi connectivity index (χ3n) is 3.36. The third-order valence-corrected chi connectivity index (χ3v) is 3.36. The molecule has 0 aliphatic rings. The molecule has 0 spiro atoms. The van der Waals surface area contributed by atoms with Gasteiger partial charge in [-0.1, -0.05) is 43.7 Å². The van der Waals surface area contributed by atoms with Crippen LogP contribution in [0.2, 0.25) is 0 Å². The number of aromatic nitrogens is 1. The Balaban J connectivity index is 2.09. The van der Waals surface area contributed by atoms with E-state index in [1.54, 1.807) is 18.3 Å². The number of rotatable bonds is 6. The number of nitrogens with zero attached hydrogens (tertiary/aromatic N) is 1. The maximum absolute atomic E-state index is 13.6. The number of allylic oxidation sites excluding steroid dienone is 3. The van der Waals surface area contributed by atoms with Crippen LogP contribution in [0.3, 0.4) is 0 Å². The Labute approximate surface area is 141 Å². The lowest BCUT2D eigenvalue weighted by molar-refractivity contribution is 0.598. The Hall–Kier alpha value is -2.75. The SMILES string of the molecule is CCC/C=C\C=C(/N)c1ccc(/C=C\c2cc(F)ccc2F)cn1. The summed E-state index contributed by atoms with van der Waals surface area (Å²) >= 11 is 0. The Morgan fingerprint density at radius 3 is 2.71 bits per heavy atom. The monoisotopic (exact) mass is 326 g/mol. The Bertz CT molecular complexity index is 760. The van der Waals surface area contributed by atoms with Gasteiger partial charge in [0.05, 0.1) is 11.4 Å². The van der Waals surface area contributed by atoms with E-state index in [4.69, 9.17) is 5.73 Å². The number of benzene rings is 1. The highest BCUT2D eigenvalue weighted by molar-refractivity contribution is 5.70. The van der Waals surface area contributed by atoms with Gasteiger partial charge in [0, 0.05) is 11.8 Å². The first kappa shape index (κ1) is 17.6. The van der Waals surface area contributed by atoms with Gasteiger partial charge in [-0.25, -0.2) is 8.78 Å². The van der Waals surface area contributed by atoms with Gasteiger partial charge in [-0.2, -0.15) is 0 Å². The highest BCUT2D eigenvalue weighted by Gasteiger charge is 2.01. The molecule has 2 N–H and O–H groups in total. The molecule has 124 valence electrons. The van der Waals surface area contributed by atoms with E-state index >= 15 is 0 Å². The molecule has 0 saturated heterocycles. The van der Waals surface area contributed by atoms with Crippen LogP contribution in [-0.2, 0) is 0 Å². The minimum atomic E-state index is -0.474. The first-order valence-electron chi connectivity index (χ1n) is 7.82. The van der Waals surface area contributed by atoms with Crippen LogP contribution in [0.15, 0.2) is 54.8 Å². The van der Waals surface area contributed by atoms with Crippen LogP contribution in [0.5, 0.6) is 0 Å². The molecule has 2 nitrogen and oxygen atoms in total. The van der Waals surface area contributed by atoms with Gasteiger partial charge < -0.3 is 5.73 Å². The topological polar surface area (TPSA) is 38.9 Å². The van der Waals surface area contributed by atoms with Gasteiger partial charge in [0.25, 0.3) is 0 Å². The zero-order valence-corrected chi connectivity index (χ0v) is 13.5. The van der Waals surface area contributed by atoms with Crippen LogP contribution in [0.4, 0.5) is 8.78 Å². The minimum Gasteiger partial charge on any atom is -0.397 e. The van der Waals surface area contributed by atoms with Crippen molar-refractivity contribution >= 4 is 17.8 Å². The molecule has 2 aromatic rings. The van der Waals surface area contributed by atoms with Crippen molar-refractivity contribution in [1.29, 1.82) is 0 Å². The van der Waals surface area contributed by atoms with Crippen molar-refractivity contribution < 1.29 is 8.78 Å². The summed E-state index contributed by atoms with van der Waals surface area (Å²) in [5, 5.41) is 0. The van der Waals surface area contributed by atoms with Crippen molar-refractivity contribution in [3.05, 3.63) is 83.2 Å². The lowest BCUT2D eigenvalue weighted by atomic mass is 10.1. The predicted molar refractivity (Wildman–Crippen MR) is 95.7 cm³/mol. The summed E-state index contributed by atoms with van der Waals surface area (Å²) in [5.74, 6) is -0.943. The lowest BCUT2D eigenvalue weighted by Gasteiger charge is -2.01. The minimum absolute atomic E-state index is 0.194. The molecule has 4 heteroatoms. The molecule has 0 fully saturated rings. The van der Waals surface area contributed by atoms with Crippen molar-refractivity contribution in [2.24, 2.45) is 5.73 Å². The summed E-state index contributed by atoms with van der Waals surface area (Å²) in [6.07, 6.45) is 12.7. The standard InChI is InChI=1S/C20H20F2N2/c1-2-3-4-5-6-19(23)20-12-8-15(14-24-20)7-9-16-13-17(21)10-11-18(16)22/h4-14H,2-3,23H2,1H3/b5-4-,9-7-,19-6-. The summed E-state index contributed by atoms with van der Waals surface area (Å²) in [6, 6.07) is 6.96. The molecular formula is C20H20F2N2. The van der Waals surface area contributed by atoms with E-state index in [0.717, 1.165) is 36.6 Å². The highest BCUT2D eigenvalue weighted by atomic mass is 19.1. The van der Waals surface area contributed by atoms with E-state index < -0.39 is 11.6 Å². The molecule has 0 radical (unpaired) electrons. The zero-order valence-electron chi connectivity index (χ0n) is 13.5. The van der Waals surface area contributed by atoms with Gasteiger partial charge in [0.15, 0.2) is 0 Å². The van der Waals surface area contributed by atoms with Crippen molar-refractivity contribution in [2.75, 3.05) is 0 Å². The second kappa shape index (κ2) is 8.77. The number of hydrogen-bond donors (Lipinski definition) is 1. The summed E-state index contributed by atoms with van der Waals surface area (Å²) in [4.78, 5) is 4.28. The number of halogens is 2. The van der Waals surface area contributed by atoms with E-state index in [9.17, 15) is 8.78 Å². The molecule has 2 rings (SSSR count). The number of pyridine rings is 1. The molecular weight excluding hydrogens is 306 g/mol. The fourth-order valence-electron chi connectivity index (χ4n) is 2.02. The summed E-state index contributed by atoms with van der Waals surface area (Å²) in [6.45, 7) is 2.11. The largest absolute Gasteiger partial charge is 0.397 e. The summed E-state index contributed by atoms with van der Waals surface area (Å²) < 4.78 is 26.7. The predicted octanol–water partition coefficient (Wildman–Crippen LogP) is 5.19. The van der Waals surface area contributed by atoms with E-state index in [1.165, 1.54) is 6.08 Å². The molecule has 0 aliphatic carbocycles. The van der Waals surface area contributed by atoms with E-state index in [0.29, 0.717) is 11.4 Å². The average Bonchev–Trinajstić information content (AvgIpc) is 2.60. The molecule has 0 atom stereocenters. The fourth-order valence-corrected chi connectivity index (χ4v) is 2.02. The average molecular weight is 326 g/mol. The van der Waals surface area contributed by atoms with Crippen LogP contribution in [0.25, 0.3) is 17.8 Å². The maximum Gasteiger partial charge on any atom is 0.130 e. The first-order chi connectivity index (χ1) is 11.6. The molecule has 0 saturated carbocycles. The Kier molecular flexibility index (Phi) is 6.43. The number of nitrogens with two attached hydrogens (primary N) is 1. The molecule has 0 unspecified atom stereocenters. The lowest BCUT2D eigenvalue weighted by Crippen LogP contribution is -1.98. The maximum atomic E-state index is 13.6. The van der Waals surface area contributed by atoms with Crippen LogP contribution >= 0.6 is 0 Å². The quantitative estimate of drug-likeness (QED) is 0.742. The van der Waals surface area contributed by atoms with Gasteiger partial charge >= 0.3 is 0 Å². The third kappa shape index (κ3) is 5.16. The van der Waals surface area contributed by atoms with Gasteiger partial charge in [0.1, 0.15) is 11.6 Å². The second-order valence-electron chi connectivity index (χ2n) is 5.31. The molecule has 0 amide bonds. The molecule has 1 heterocycles. The fraction of sp³-hybridized carbons (Fsp3) is 0.150. The van der Waals surface area contributed by atoms with Crippen LogP contribution < -0.4 is 5.73 Å². The molecule has 1 aromatic carbocycles. The van der Waals surface area contributed by atoms with Crippen molar-refractivity contribution in [1.82, 2.24) is 4.98 Å². The van der Waals surface area contributed by atoms with E-state index in [-0.39, 0.29) is 5.56 Å². The normalized spacial score (nSPS) is 12.4. The van der Waals surface area contributed by atoms with Gasteiger partial charge in [-0.3, -0.25) is 4.98 Å². The Morgan fingerprint density at radius 2 is 2.00 bits per heavy atom. The van der Waals surface area contributed by atoms with Gasteiger partial charge in [0.2, 0.25) is 0 Å². The summed E-state index contributed by atoms with van der Waals surface area (Å²) in [5.41, 5.74) is 8.19. The van der Waals surface area contributed by atoms with Crippen LogP contribution in [0, 0.1) is 11.6 Å². The van der Waals surface area contributed by atoms with Crippen molar-refractivity contribution in [3.8, 4) is 0 Å². The van der Waals surface area contributed by atoms with Crippen LogP contribution in [-0.4, -0.2) is 4.98 Å². The number of unbranched alkanes of at least 4 members (excludes halogenated alkanes) is 1. The smallest absolute Gasteiger partial charge is 0.130 e. The second-order valence-corrected chi connectivity index (χ2v) is 5.31.